The first-order valence-electron chi connectivity index (χ1n) is 19.3. The third-order valence-electron chi connectivity index (χ3n) is 15.5. The number of carboxylic acid groups (broad SMARTS) is 1. The minimum Gasteiger partial charge on any atom is -0.481 e. The van der Waals surface area contributed by atoms with Gasteiger partial charge in [-0.1, -0.05) is 78.8 Å². The lowest BCUT2D eigenvalue weighted by atomic mass is 9.33. The average Bonchev–Trinajstić information content (AvgIpc) is 3.35. The summed E-state index contributed by atoms with van der Waals surface area (Å²) in [5, 5.41) is 12.9. The Morgan fingerprint density at radius 3 is 2.22 bits per heavy atom. The average molecular weight is 688 g/mol. The molecule has 5 aliphatic carbocycles. The number of Topliss-reactive ketones (excluding diaryl/α,β-unsaturated/α-hetero) is 1. The summed E-state index contributed by atoms with van der Waals surface area (Å²) in [6.07, 6.45) is 7.41. The number of nitrogens with one attached hydrogen (secondary N) is 1. The van der Waals surface area contributed by atoms with Crippen LogP contribution in [0.4, 0.5) is 0 Å². The molecule has 4 saturated carbocycles. The number of amides is 1. The van der Waals surface area contributed by atoms with Gasteiger partial charge in [-0.2, -0.15) is 0 Å². The number of ketones is 1. The van der Waals surface area contributed by atoms with Crippen molar-refractivity contribution in [1.82, 2.24) is 5.32 Å². The van der Waals surface area contributed by atoms with Crippen molar-refractivity contribution in [2.24, 2.45) is 56.2 Å². The molecule has 0 spiro atoms. The van der Waals surface area contributed by atoms with E-state index in [2.05, 4.69) is 53.8 Å². The summed E-state index contributed by atoms with van der Waals surface area (Å²) in [5.41, 5.74) is 0.999. The van der Waals surface area contributed by atoms with Gasteiger partial charge < -0.3 is 15.2 Å². The summed E-state index contributed by atoms with van der Waals surface area (Å²) >= 11 is 0. The first kappa shape index (κ1) is 36.8. The second-order valence-corrected chi connectivity index (χ2v) is 19.2. The molecule has 1 aromatic rings. The zero-order valence-corrected chi connectivity index (χ0v) is 32.0. The number of allylic oxidation sites excluding steroid dienone is 1. The molecule has 0 aromatic heterocycles. The molecule has 1 amide bonds. The fraction of sp³-hybridized carbons (Fsp3) is 0.721. The normalized spacial score (nSPS) is 37.7. The van der Waals surface area contributed by atoms with Crippen LogP contribution in [0, 0.1) is 56.2 Å². The van der Waals surface area contributed by atoms with Crippen molar-refractivity contribution in [2.45, 2.75) is 139 Å². The Morgan fingerprint density at radius 2 is 1.58 bits per heavy atom. The van der Waals surface area contributed by atoms with E-state index in [4.69, 9.17) is 4.74 Å². The lowest BCUT2D eigenvalue weighted by molar-refractivity contribution is -0.233. The van der Waals surface area contributed by atoms with Gasteiger partial charge in [0.25, 0.3) is 0 Å². The zero-order valence-electron chi connectivity index (χ0n) is 32.0. The summed E-state index contributed by atoms with van der Waals surface area (Å²) in [5.74, 6) is -0.147. The fourth-order valence-corrected chi connectivity index (χ4v) is 12.7. The lowest BCUT2D eigenvalue weighted by Crippen LogP contribution is -2.66. The molecular formula is C43H61NO6. The van der Waals surface area contributed by atoms with E-state index in [-0.39, 0.29) is 57.7 Å². The fourth-order valence-electron chi connectivity index (χ4n) is 12.7. The molecule has 0 saturated heterocycles. The van der Waals surface area contributed by atoms with Crippen LogP contribution in [0.25, 0.3) is 0 Å². The third-order valence-corrected chi connectivity index (χ3v) is 15.5. The highest BCUT2D eigenvalue weighted by Gasteiger charge is 2.71. The summed E-state index contributed by atoms with van der Waals surface area (Å²) in [4.78, 5) is 53.1. The van der Waals surface area contributed by atoms with Gasteiger partial charge in [0.05, 0.1) is 17.3 Å². The Morgan fingerprint density at radius 1 is 0.900 bits per heavy atom. The van der Waals surface area contributed by atoms with E-state index in [9.17, 15) is 24.3 Å². The zero-order chi connectivity index (χ0) is 36.7. The molecule has 274 valence electrons. The van der Waals surface area contributed by atoms with E-state index >= 15 is 0 Å². The van der Waals surface area contributed by atoms with Crippen LogP contribution < -0.4 is 5.32 Å². The molecule has 2 N–H and O–H groups in total. The molecule has 7 heteroatoms. The quantitative estimate of drug-likeness (QED) is 0.265. The van der Waals surface area contributed by atoms with Crippen LogP contribution in [-0.2, 0) is 30.5 Å². The van der Waals surface area contributed by atoms with Gasteiger partial charge in [0.15, 0.2) is 5.78 Å². The number of carboxylic acids is 1. The van der Waals surface area contributed by atoms with Crippen LogP contribution in [0.2, 0.25) is 0 Å². The molecule has 0 bridgehead atoms. The predicted molar refractivity (Wildman–Crippen MR) is 194 cm³/mol. The topological polar surface area (TPSA) is 110 Å². The van der Waals surface area contributed by atoms with Gasteiger partial charge in [-0.15, -0.1) is 0 Å². The first-order valence-corrected chi connectivity index (χ1v) is 19.3. The second kappa shape index (κ2) is 12.3. The number of ether oxygens (including phenoxy) is 1. The Balaban J connectivity index is 1.29. The molecule has 0 radical (unpaired) electrons. The SMILES string of the molecule is CC(C)C1=C2[C@H]3CC[C@@H]4[C@@]5(C)CC[C@H](OC(=O)CC(C)(C)C(=O)O)C(C)(C)[C@@H]5CC[C@@]4(C)[C@]3(C)CC[C@@]2(C(=O)NCc2ccccc2)CC1=O. The summed E-state index contributed by atoms with van der Waals surface area (Å²) in [6.45, 7) is 19.9. The van der Waals surface area contributed by atoms with Crippen molar-refractivity contribution < 1.29 is 29.0 Å². The summed E-state index contributed by atoms with van der Waals surface area (Å²) < 4.78 is 6.15. The molecule has 0 unspecified atom stereocenters. The molecule has 6 rings (SSSR count). The number of rotatable bonds is 8. The molecule has 4 fully saturated rings. The van der Waals surface area contributed by atoms with Gasteiger partial charge in [-0.05, 0) is 122 Å². The predicted octanol–water partition coefficient (Wildman–Crippen LogP) is 8.70. The van der Waals surface area contributed by atoms with Crippen LogP contribution in [-0.4, -0.2) is 34.8 Å². The standard InChI is InChI=1S/C43H61NO6/c1-26(2)34-29(45)23-43(36(47)44-25-27-13-11-10-12-14-27)22-21-41(8)28(35(34)43)15-16-31-40(7)19-18-32(50-33(46)24-38(3,4)37(48)49)39(5,6)30(40)17-20-42(31,41)9/h10-14,26,28,30-32H,15-25H2,1-9H3,(H,44,47)(H,48,49)/t28-,30+,31-,32+,40+,41-,42-,43-/m1/s1. The van der Waals surface area contributed by atoms with Crippen molar-refractivity contribution in [1.29, 1.82) is 0 Å². The van der Waals surface area contributed by atoms with Crippen LogP contribution in [0.3, 0.4) is 0 Å². The molecule has 0 heterocycles. The largest absolute Gasteiger partial charge is 0.481 e. The van der Waals surface area contributed by atoms with Crippen LogP contribution in [0.5, 0.6) is 0 Å². The van der Waals surface area contributed by atoms with E-state index in [1.807, 2.05) is 30.3 Å². The first-order chi connectivity index (χ1) is 23.2. The summed E-state index contributed by atoms with van der Waals surface area (Å²) in [7, 11) is 0. The van der Waals surface area contributed by atoms with Gasteiger partial charge in [-0.3, -0.25) is 19.2 Å². The minimum absolute atomic E-state index is 0.0201. The van der Waals surface area contributed by atoms with Crippen LogP contribution in [0.1, 0.15) is 132 Å². The number of benzene rings is 1. The number of carbonyl (C=O) groups excluding carboxylic acids is 3. The van der Waals surface area contributed by atoms with Crippen molar-refractivity contribution >= 4 is 23.6 Å². The van der Waals surface area contributed by atoms with Crippen molar-refractivity contribution in [3.05, 3.63) is 47.0 Å². The monoisotopic (exact) mass is 687 g/mol. The van der Waals surface area contributed by atoms with E-state index in [1.54, 1.807) is 13.8 Å². The van der Waals surface area contributed by atoms with Gasteiger partial charge in [0, 0.05) is 18.4 Å². The Kier molecular flexibility index (Phi) is 9.08. The lowest BCUT2D eigenvalue weighted by Gasteiger charge is -2.72. The maximum atomic E-state index is 14.4. The van der Waals surface area contributed by atoms with Crippen molar-refractivity contribution in [3.63, 3.8) is 0 Å². The second-order valence-electron chi connectivity index (χ2n) is 19.2. The van der Waals surface area contributed by atoms with E-state index < -0.39 is 22.8 Å². The highest BCUT2D eigenvalue weighted by Crippen LogP contribution is 2.76. The van der Waals surface area contributed by atoms with Gasteiger partial charge >= 0.3 is 11.9 Å². The molecule has 8 atom stereocenters. The molecule has 0 aliphatic heterocycles. The van der Waals surface area contributed by atoms with Crippen LogP contribution in [0.15, 0.2) is 41.5 Å². The van der Waals surface area contributed by atoms with E-state index in [0.29, 0.717) is 31.2 Å². The Labute approximate surface area is 299 Å². The van der Waals surface area contributed by atoms with E-state index in [1.165, 1.54) is 5.57 Å². The molecule has 1 aromatic carbocycles. The number of esters is 1. The van der Waals surface area contributed by atoms with E-state index in [0.717, 1.165) is 56.1 Å². The van der Waals surface area contributed by atoms with Gasteiger partial charge in [0.1, 0.15) is 6.10 Å². The molecule has 5 aliphatic rings. The minimum atomic E-state index is -1.17. The number of aliphatic carboxylic acids is 1. The molecule has 50 heavy (non-hydrogen) atoms. The third kappa shape index (κ3) is 5.41. The number of carbonyl (C=O) groups is 4. The maximum Gasteiger partial charge on any atom is 0.309 e. The van der Waals surface area contributed by atoms with Gasteiger partial charge in [-0.25, -0.2) is 0 Å². The molecular weight excluding hydrogens is 626 g/mol. The maximum absolute atomic E-state index is 14.4. The van der Waals surface area contributed by atoms with Crippen LogP contribution >= 0.6 is 0 Å². The smallest absolute Gasteiger partial charge is 0.309 e. The van der Waals surface area contributed by atoms with Gasteiger partial charge in [0.2, 0.25) is 5.91 Å². The van der Waals surface area contributed by atoms with Crippen molar-refractivity contribution in [2.75, 3.05) is 0 Å². The number of hydrogen-bond acceptors (Lipinski definition) is 5. The summed E-state index contributed by atoms with van der Waals surface area (Å²) in [6, 6.07) is 10.0. The molecule has 7 nitrogen and oxygen atoms in total. The van der Waals surface area contributed by atoms with Crippen molar-refractivity contribution in [3.8, 4) is 0 Å². The number of hydrogen-bond donors (Lipinski definition) is 2. The highest BCUT2D eigenvalue weighted by atomic mass is 16.5. The highest BCUT2D eigenvalue weighted by molar-refractivity contribution is 6.07. The Hall–Kier alpha value is -2.96. The number of fused-ring (bicyclic) bond motifs is 7. The Bertz CT molecular complexity index is 1590.